The van der Waals surface area contributed by atoms with Gasteiger partial charge in [-0.15, -0.1) is 0 Å². The van der Waals surface area contributed by atoms with Gasteiger partial charge >= 0.3 is 0 Å². The largest absolute Gasteiger partial charge is 0.494 e. The Balaban J connectivity index is 1.58. The molecule has 0 aliphatic carbocycles. The molecule has 1 saturated heterocycles. The molecule has 2 amide bonds. The first-order chi connectivity index (χ1) is 12.6. The maximum absolute atomic E-state index is 12.7. The number of halogens is 1. The topological polar surface area (TPSA) is 58.6 Å². The summed E-state index contributed by atoms with van der Waals surface area (Å²) in [6.07, 6.45) is 0.934. The van der Waals surface area contributed by atoms with Gasteiger partial charge in [-0.05, 0) is 36.2 Å². The maximum Gasteiger partial charge on any atom is 0.247 e. The van der Waals surface area contributed by atoms with Gasteiger partial charge in [0.15, 0.2) is 0 Å². The van der Waals surface area contributed by atoms with Crippen molar-refractivity contribution in [2.45, 2.75) is 18.9 Å². The molecule has 2 aromatic carbocycles. The smallest absolute Gasteiger partial charge is 0.247 e. The van der Waals surface area contributed by atoms with E-state index in [-0.39, 0.29) is 11.8 Å². The molecule has 5 nitrogen and oxygen atoms in total. The van der Waals surface area contributed by atoms with Crippen LogP contribution in [0, 0.1) is 0 Å². The minimum atomic E-state index is -0.608. The van der Waals surface area contributed by atoms with Gasteiger partial charge in [-0.25, -0.2) is 0 Å². The number of piperazine rings is 1. The van der Waals surface area contributed by atoms with E-state index in [0.717, 1.165) is 11.3 Å². The van der Waals surface area contributed by atoms with Crippen molar-refractivity contribution >= 4 is 23.4 Å². The highest BCUT2D eigenvalue weighted by atomic mass is 35.5. The lowest BCUT2D eigenvalue weighted by molar-refractivity contribution is -0.143. The van der Waals surface area contributed by atoms with Crippen molar-refractivity contribution in [3.05, 3.63) is 65.2 Å². The van der Waals surface area contributed by atoms with Crippen LogP contribution in [0.5, 0.6) is 5.75 Å². The zero-order valence-corrected chi connectivity index (χ0v) is 15.1. The van der Waals surface area contributed by atoms with Crippen molar-refractivity contribution in [3.63, 3.8) is 0 Å². The van der Waals surface area contributed by atoms with Crippen LogP contribution < -0.4 is 10.1 Å². The highest BCUT2D eigenvalue weighted by Crippen LogP contribution is 2.25. The standard InChI is InChI=1S/C20H21ClN2O3/c21-16-10-8-15(9-11-16)19-20(25)22-12-13-23(19)18(24)7-4-14-26-17-5-2-1-3-6-17/h1-3,5-6,8-11,19H,4,7,12-14H2,(H,22,25). The molecule has 0 radical (unpaired) electrons. The summed E-state index contributed by atoms with van der Waals surface area (Å²) in [5, 5.41) is 3.43. The number of para-hydroxylation sites is 1. The van der Waals surface area contributed by atoms with Crippen molar-refractivity contribution in [2.75, 3.05) is 19.7 Å². The van der Waals surface area contributed by atoms with Crippen LogP contribution >= 0.6 is 11.6 Å². The van der Waals surface area contributed by atoms with Crippen LogP contribution in [0.25, 0.3) is 0 Å². The fourth-order valence-electron chi connectivity index (χ4n) is 2.99. The number of nitrogens with one attached hydrogen (secondary N) is 1. The lowest BCUT2D eigenvalue weighted by Gasteiger charge is -2.35. The normalized spacial score (nSPS) is 16.9. The molecule has 1 aliphatic rings. The summed E-state index contributed by atoms with van der Waals surface area (Å²) >= 11 is 5.93. The average molecular weight is 373 g/mol. The molecule has 1 N–H and O–H groups in total. The number of hydrogen-bond donors (Lipinski definition) is 1. The van der Waals surface area contributed by atoms with E-state index in [1.54, 1.807) is 29.2 Å². The third kappa shape index (κ3) is 4.55. The van der Waals surface area contributed by atoms with Gasteiger partial charge in [-0.3, -0.25) is 9.59 Å². The number of hydrogen-bond acceptors (Lipinski definition) is 3. The zero-order valence-electron chi connectivity index (χ0n) is 14.4. The molecule has 1 atom stereocenters. The Morgan fingerprint density at radius 1 is 1.15 bits per heavy atom. The van der Waals surface area contributed by atoms with E-state index in [1.807, 2.05) is 30.3 Å². The lowest BCUT2D eigenvalue weighted by atomic mass is 10.0. The van der Waals surface area contributed by atoms with Crippen molar-refractivity contribution < 1.29 is 14.3 Å². The molecule has 1 unspecified atom stereocenters. The summed E-state index contributed by atoms with van der Waals surface area (Å²) in [7, 11) is 0. The monoisotopic (exact) mass is 372 g/mol. The molecule has 1 aliphatic heterocycles. The first kappa shape index (κ1) is 18.3. The maximum atomic E-state index is 12.7. The average Bonchev–Trinajstić information content (AvgIpc) is 2.66. The van der Waals surface area contributed by atoms with Crippen LogP contribution in [-0.2, 0) is 9.59 Å². The number of rotatable bonds is 6. The second-order valence-electron chi connectivity index (χ2n) is 6.10. The van der Waals surface area contributed by atoms with Gasteiger partial charge in [-0.2, -0.15) is 0 Å². The predicted molar refractivity (Wildman–Crippen MR) is 100 cm³/mol. The second-order valence-corrected chi connectivity index (χ2v) is 6.53. The molecule has 2 aromatic rings. The van der Waals surface area contributed by atoms with Gasteiger partial charge in [-0.1, -0.05) is 41.9 Å². The molecule has 6 heteroatoms. The Kier molecular flexibility index (Phi) is 6.12. The number of amides is 2. The highest BCUT2D eigenvalue weighted by Gasteiger charge is 2.33. The number of carbonyl (C=O) groups is 2. The molecule has 0 spiro atoms. The van der Waals surface area contributed by atoms with Crippen LogP contribution in [0.4, 0.5) is 0 Å². The first-order valence-corrected chi connectivity index (χ1v) is 9.03. The summed E-state index contributed by atoms with van der Waals surface area (Å²) in [6.45, 7) is 1.42. The molecule has 1 heterocycles. The van der Waals surface area contributed by atoms with E-state index in [4.69, 9.17) is 16.3 Å². The molecule has 0 bridgehead atoms. The Hall–Kier alpha value is -2.53. The molecule has 0 saturated carbocycles. The SMILES string of the molecule is O=C1NCCN(C(=O)CCCOc2ccccc2)C1c1ccc(Cl)cc1. The van der Waals surface area contributed by atoms with Gasteiger partial charge in [0, 0.05) is 24.5 Å². The number of nitrogens with zero attached hydrogens (tertiary/aromatic N) is 1. The zero-order chi connectivity index (χ0) is 18.4. The molecule has 3 rings (SSSR count). The quantitative estimate of drug-likeness (QED) is 0.792. The summed E-state index contributed by atoms with van der Waals surface area (Å²) in [6, 6.07) is 15.9. The summed E-state index contributed by atoms with van der Waals surface area (Å²) in [5.41, 5.74) is 0.764. The first-order valence-electron chi connectivity index (χ1n) is 8.65. The predicted octanol–water partition coefficient (Wildman–Crippen LogP) is 3.20. The van der Waals surface area contributed by atoms with E-state index in [2.05, 4.69) is 5.32 Å². The van der Waals surface area contributed by atoms with Crippen molar-refractivity contribution in [1.29, 1.82) is 0 Å². The molecule has 1 fully saturated rings. The number of carbonyl (C=O) groups excluding carboxylic acids is 2. The molecular weight excluding hydrogens is 352 g/mol. The van der Waals surface area contributed by atoms with Gasteiger partial charge in [0.1, 0.15) is 11.8 Å². The molecule has 0 aromatic heterocycles. The van der Waals surface area contributed by atoms with Gasteiger partial charge in [0.05, 0.1) is 6.61 Å². The summed E-state index contributed by atoms with van der Waals surface area (Å²) in [4.78, 5) is 26.7. The van der Waals surface area contributed by atoms with Crippen molar-refractivity contribution in [3.8, 4) is 5.75 Å². The van der Waals surface area contributed by atoms with E-state index in [1.165, 1.54) is 0 Å². The van der Waals surface area contributed by atoms with E-state index >= 15 is 0 Å². The minimum Gasteiger partial charge on any atom is -0.494 e. The Bertz CT molecular complexity index is 749. The Morgan fingerprint density at radius 2 is 1.88 bits per heavy atom. The van der Waals surface area contributed by atoms with Crippen LogP contribution in [0.1, 0.15) is 24.4 Å². The summed E-state index contributed by atoms with van der Waals surface area (Å²) in [5.74, 6) is 0.584. The van der Waals surface area contributed by atoms with Crippen LogP contribution in [-0.4, -0.2) is 36.4 Å². The van der Waals surface area contributed by atoms with E-state index in [9.17, 15) is 9.59 Å². The fraction of sp³-hybridized carbons (Fsp3) is 0.300. The molecule has 136 valence electrons. The fourth-order valence-corrected chi connectivity index (χ4v) is 3.11. The number of benzene rings is 2. The Morgan fingerprint density at radius 3 is 2.62 bits per heavy atom. The number of ether oxygens (including phenoxy) is 1. The molecular formula is C20H21ClN2O3. The highest BCUT2D eigenvalue weighted by molar-refractivity contribution is 6.30. The summed E-state index contributed by atoms with van der Waals surface area (Å²) < 4.78 is 5.62. The second kappa shape index (κ2) is 8.72. The van der Waals surface area contributed by atoms with E-state index < -0.39 is 6.04 Å². The van der Waals surface area contributed by atoms with Crippen LogP contribution in [0.3, 0.4) is 0 Å². The van der Waals surface area contributed by atoms with Gasteiger partial charge < -0.3 is 15.0 Å². The Labute approximate surface area is 157 Å². The van der Waals surface area contributed by atoms with Gasteiger partial charge in [0.25, 0.3) is 0 Å². The van der Waals surface area contributed by atoms with E-state index in [0.29, 0.717) is 37.6 Å². The lowest BCUT2D eigenvalue weighted by Crippen LogP contribution is -2.52. The van der Waals surface area contributed by atoms with Crippen LogP contribution in [0.2, 0.25) is 5.02 Å². The van der Waals surface area contributed by atoms with Gasteiger partial charge in [0.2, 0.25) is 11.8 Å². The van der Waals surface area contributed by atoms with Crippen molar-refractivity contribution in [2.24, 2.45) is 0 Å². The third-order valence-corrected chi connectivity index (χ3v) is 4.52. The minimum absolute atomic E-state index is 0.0449. The molecule has 26 heavy (non-hydrogen) atoms. The van der Waals surface area contributed by atoms with Crippen LogP contribution in [0.15, 0.2) is 54.6 Å². The third-order valence-electron chi connectivity index (χ3n) is 4.26. The van der Waals surface area contributed by atoms with Crippen molar-refractivity contribution in [1.82, 2.24) is 10.2 Å².